The standard InChI is InChI=1S/C10H6Cl3NO/c11-5-8-9(14-15-10(8)13)6-2-1-3-7(12)4-6/h1-4H,5H2. The molecule has 0 aliphatic heterocycles. The van der Waals surface area contributed by atoms with Gasteiger partial charge in [-0.2, -0.15) is 0 Å². The van der Waals surface area contributed by atoms with E-state index in [1.165, 1.54) is 0 Å². The quantitative estimate of drug-likeness (QED) is 0.750. The van der Waals surface area contributed by atoms with Crippen molar-refractivity contribution in [3.8, 4) is 11.3 Å². The molecule has 5 heteroatoms. The van der Waals surface area contributed by atoms with Gasteiger partial charge in [-0.1, -0.05) is 28.9 Å². The summed E-state index contributed by atoms with van der Waals surface area (Å²) in [6.45, 7) is 0. The van der Waals surface area contributed by atoms with E-state index in [2.05, 4.69) is 5.16 Å². The Morgan fingerprint density at radius 3 is 2.73 bits per heavy atom. The number of aromatic nitrogens is 1. The molecule has 0 spiro atoms. The first-order valence-electron chi connectivity index (χ1n) is 4.18. The van der Waals surface area contributed by atoms with Crippen LogP contribution in [-0.4, -0.2) is 5.16 Å². The lowest BCUT2D eigenvalue weighted by Gasteiger charge is -1.98. The van der Waals surface area contributed by atoms with Crippen molar-refractivity contribution in [3.63, 3.8) is 0 Å². The summed E-state index contributed by atoms with van der Waals surface area (Å²) in [4.78, 5) is 0. The summed E-state index contributed by atoms with van der Waals surface area (Å²) in [5, 5.41) is 4.70. The number of rotatable bonds is 2. The predicted molar refractivity (Wildman–Crippen MR) is 61.5 cm³/mol. The number of benzene rings is 1. The maximum Gasteiger partial charge on any atom is 0.231 e. The zero-order valence-corrected chi connectivity index (χ0v) is 9.77. The molecule has 0 fully saturated rings. The normalized spacial score (nSPS) is 10.6. The van der Waals surface area contributed by atoms with Crippen LogP contribution in [0.4, 0.5) is 0 Å². The third kappa shape index (κ3) is 2.12. The van der Waals surface area contributed by atoms with E-state index in [0.717, 1.165) is 5.56 Å². The zero-order chi connectivity index (χ0) is 10.8. The first-order valence-corrected chi connectivity index (χ1v) is 5.47. The summed E-state index contributed by atoms with van der Waals surface area (Å²) in [6, 6.07) is 7.27. The van der Waals surface area contributed by atoms with Crippen LogP contribution in [0.3, 0.4) is 0 Å². The van der Waals surface area contributed by atoms with Crippen LogP contribution in [0.25, 0.3) is 11.3 Å². The molecule has 0 saturated carbocycles. The van der Waals surface area contributed by atoms with Crippen molar-refractivity contribution >= 4 is 34.8 Å². The van der Waals surface area contributed by atoms with Gasteiger partial charge in [0.25, 0.3) is 0 Å². The van der Waals surface area contributed by atoms with Gasteiger partial charge >= 0.3 is 0 Å². The Bertz CT molecular complexity index is 481. The highest BCUT2D eigenvalue weighted by molar-refractivity contribution is 6.31. The van der Waals surface area contributed by atoms with Crippen molar-refractivity contribution in [3.05, 3.63) is 40.1 Å². The van der Waals surface area contributed by atoms with Gasteiger partial charge in [0.1, 0.15) is 5.69 Å². The van der Waals surface area contributed by atoms with Crippen LogP contribution >= 0.6 is 34.8 Å². The molecule has 78 valence electrons. The average Bonchev–Trinajstić information content (AvgIpc) is 2.59. The Morgan fingerprint density at radius 1 is 1.27 bits per heavy atom. The number of hydrogen-bond acceptors (Lipinski definition) is 2. The molecule has 0 saturated heterocycles. The van der Waals surface area contributed by atoms with Crippen LogP contribution in [0.5, 0.6) is 0 Å². The Morgan fingerprint density at radius 2 is 2.07 bits per heavy atom. The highest BCUT2D eigenvalue weighted by Gasteiger charge is 2.14. The third-order valence-electron chi connectivity index (χ3n) is 1.97. The van der Waals surface area contributed by atoms with E-state index in [0.29, 0.717) is 16.3 Å². The molecule has 0 radical (unpaired) electrons. The smallest absolute Gasteiger partial charge is 0.231 e. The zero-order valence-electron chi connectivity index (χ0n) is 7.51. The first-order chi connectivity index (χ1) is 7.22. The summed E-state index contributed by atoms with van der Waals surface area (Å²) < 4.78 is 4.87. The van der Waals surface area contributed by atoms with Gasteiger partial charge in [0.15, 0.2) is 0 Å². The molecule has 0 amide bonds. The maximum absolute atomic E-state index is 5.87. The minimum Gasteiger partial charge on any atom is -0.343 e. The summed E-state index contributed by atoms with van der Waals surface area (Å²) in [5.74, 6) is 0.254. The fourth-order valence-electron chi connectivity index (χ4n) is 1.27. The van der Waals surface area contributed by atoms with Crippen LogP contribution in [-0.2, 0) is 5.88 Å². The molecule has 0 N–H and O–H groups in total. The third-order valence-corrected chi connectivity index (χ3v) is 2.77. The summed E-state index contributed by atoms with van der Waals surface area (Å²) >= 11 is 17.4. The molecule has 1 aromatic carbocycles. The summed E-state index contributed by atoms with van der Waals surface area (Å²) in [5.41, 5.74) is 2.16. The minimum atomic E-state index is 0.222. The molecular weight excluding hydrogens is 256 g/mol. The van der Waals surface area contributed by atoms with Crippen LogP contribution in [0.1, 0.15) is 5.56 Å². The molecule has 0 aliphatic rings. The Balaban J connectivity index is 2.54. The minimum absolute atomic E-state index is 0.222. The SMILES string of the molecule is ClCc1c(-c2cccc(Cl)c2)noc1Cl. The van der Waals surface area contributed by atoms with E-state index in [-0.39, 0.29) is 11.1 Å². The van der Waals surface area contributed by atoms with Crippen molar-refractivity contribution in [1.82, 2.24) is 5.16 Å². The average molecular weight is 263 g/mol. The van der Waals surface area contributed by atoms with Gasteiger partial charge in [-0.05, 0) is 23.7 Å². The van der Waals surface area contributed by atoms with Gasteiger partial charge in [-0.25, -0.2) is 0 Å². The van der Waals surface area contributed by atoms with E-state index >= 15 is 0 Å². The number of halogens is 3. The lowest BCUT2D eigenvalue weighted by Crippen LogP contribution is -1.83. The second kappa shape index (κ2) is 4.44. The topological polar surface area (TPSA) is 26.0 Å². The van der Waals surface area contributed by atoms with E-state index in [9.17, 15) is 0 Å². The largest absolute Gasteiger partial charge is 0.343 e. The maximum atomic E-state index is 5.87. The Hall–Kier alpha value is -0.700. The molecule has 0 aliphatic carbocycles. The van der Waals surface area contributed by atoms with Crippen LogP contribution in [0.15, 0.2) is 28.8 Å². The highest BCUT2D eigenvalue weighted by atomic mass is 35.5. The molecule has 2 aromatic rings. The van der Waals surface area contributed by atoms with Gasteiger partial charge in [-0.3, -0.25) is 0 Å². The van der Waals surface area contributed by atoms with Crippen molar-refractivity contribution in [2.75, 3.05) is 0 Å². The van der Waals surface area contributed by atoms with Crippen molar-refractivity contribution in [2.45, 2.75) is 5.88 Å². The molecule has 1 aromatic heterocycles. The number of alkyl halides is 1. The monoisotopic (exact) mass is 261 g/mol. The number of hydrogen-bond donors (Lipinski definition) is 0. The van der Waals surface area contributed by atoms with E-state index in [4.69, 9.17) is 39.3 Å². The fourth-order valence-corrected chi connectivity index (χ4v) is 1.96. The molecule has 15 heavy (non-hydrogen) atoms. The van der Waals surface area contributed by atoms with Crippen molar-refractivity contribution in [1.29, 1.82) is 0 Å². The number of nitrogens with zero attached hydrogens (tertiary/aromatic N) is 1. The van der Waals surface area contributed by atoms with E-state index in [1.807, 2.05) is 12.1 Å². The van der Waals surface area contributed by atoms with E-state index < -0.39 is 0 Å². The van der Waals surface area contributed by atoms with Gasteiger partial charge in [0.2, 0.25) is 5.22 Å². The van der Waals surface area contributed by atoms with Crippen molar-refractivity contribution < 1.29 is 4.52 Å². The Labute approximate surface area is 102 Å². The summed E-state index contributed by atoms with van der Waals surface area (Å²) in [6.07, 6.45) is 0. The molecule has 0 atom stereocenters. The predicted octanol–water partition coefficient (Wildman–Crippen LogP) is 4.39. The van der Waals surface area contributed by atoms with Gasteiger partial charge in [0, 0.05) is 10.6 Å². The second-order valence-corrected chi connectivity index (χ2v) is 3.97. The van der Waals surface area contributed by atoms with Crippen LogP contribution < -0.4 is 0 Å². The van der Waals surface area contributed by atoms with E-state index in [1.54, 1.807) is 12.1 Å². The molecule has 0 bridgehead atoms. The highest BCUT2D eigenvalue weighted by Crippen LogP contribution is 2.30. The Kier molecular flexibility index (Phi) is 3.19. The first kappa shape index (κ1) is 10.8. The molecule has 2 nitrogen and oxygen atoms in total. The molecule has 2 rings (SSSR count). The second-order valence-electron chi connectivity index (χ2n) is 2.93. The van der Waals surface area contributed by atoms with Gasteiger partial charge in [-0.15, -0.1) is 11.6 Å². The lowest BCUT2D eigenvalue weighted by atomic mass is 10.1. The molecule has 0 unspecified atom stereocenters. The lowest BCUT2D eigenvalue weighted by molar-refractivity contribution is 0.423. The van der Waals surface area contributed by atoms with Crippen LogP contribution in [0.2, 0.25) is 10.2 Å². The van der Waals surface area contributed by atoms with Crippen molar-refractivity contribution in [2.24, 2.45) is 0 Å². The van der Waals surface area contributed by atoms with Crippen LogP contribution in [0, 0.1) is 0 Å². The van der Waals surface area contributed by atoms with Gasteiger partial charge in [0.05, 0.1) is 11.4 Å². The molecular formula is C10H6Cl3NO. The van der Waals surface area contributed by atoms with Gasteiger partial charge < -0.3 is 4.52 Å². The fraction of sp³-hybridized carbons (Fsp3) is 0.100. The summed E-state index contributed by atoms with van der Waals surface area (Å²) in [7, 11) is 0. The molecule has 1 heterocycles.